The summed E-state index contributed by atoms with van der Waals surface area (Å²) in [5.41, 5.74) is -1.81. The predicted octanol–water partition coefficient (Wildman–Crippen LogP) is 0.145. The molecule has 0 aliphatic heterocycles. The third-order valence-electron chi connectivity index (χ3n) is 0. The van der Waals surface area contributed by atoms with E-state index in [1.165, 1.54) is 0 Å². The van der Waals surface area contributed by atoms with Crippen LogP contribution < -0.4 is 5.11 Å². The number of rotatable bonds is 0. The van der Waals surface area contributed by atoms with Gasteiger partial charge in [0.25, 0.3) is 0 Å². The monoisotopic (exact) mass is 76.1 g/mol. The van der Waals surface area contributed by atoms with Crippen LogP contribution in [0, 0.1) is 0 Å². The topological polar surface area (TPSA) is 23.1 Å². The van der Waals surface area contributed by atoms with Crippen molar-refractivity contribution in [3.05, 3.63) is 0 Å². The summed E-state index contributed by atoms with van der Waals surface area (Å²) >= 11 is 0. The lowest BCUT2D eigenvalue weighted by atomic mass is 10.2. The van der Waals surface area contributed by atoms with E-state index in [0.717, 1.165) is 13.8 Å². The van der Waals surface area contributed by atoms with Gasteiger partial charge in [0.15, 0.2) is 0 Å². The molecule has 0 aliphatic rings. The van der Waals surface area contributed by atoms with Crippen molar-refractivity contribution in [2.45, 2.75) is 26.3 Å². The third-order valence-corrected chi connectivity index (χ3v) is 0. The molecule has 0 atom stereocenters. The Morgan fingerprint density at radius 2 is 2.00 bits per heavy atom. The van der Waals surface area contributed by atoms with Crippen molar-refractivity contribution in [3.63, 3.8) is 0 Å². The van der Waals surface area contributed by atoms with Gasteiger partial charge in [-0.3, -0.25) is 0 Å². The van der Waals surface area contributed by atoms with Crippen LogP contribution in [-0.4, -0.2) is 5.60 Å². The fourth-order valence-electron chi connectivity index (χ4n) is 0. The minimum atomic E-state index is -2.37. The molecule has 0 aliphatic carbocycles. The molecular weight excluding hydrogens is 64.0 g/mol. The van der Waals surface area contributed by atoms with Gasteiger partial charge in [0.1, 0.15) is 0 Å². The highest BCUT2D eigenvalue weighted by Gasteiger charge is 1.83. The third kappa shape index (κ3) is 9510. The summed E-state index contributed by atoms with van der Waals surface area (Å²) < 4.78 is 19.8. The van der Waals surface area contributed by atoms with Crippen molar-refractivity contribution >= 4 is 0 Å². The minimum Gasteiger partial charge on any atom is -0.850 e. The smallest absolute Gasteiger partial charge is 0.0222 e. The molecule has 0 spiro atoms. The Morgan fingerprint density at radius 3 is 2.00 bits per heavy atom. The van der Waals surface area contributed by atoms with Gasteiger partial charge < -0.3 is 5.11 Å². The van der Waals surface area contributed by atoms with E-state index in [9.17, 15) is 5.11 Å². The molecule has 0 bridgehead atoms. The van der Waals surface area contributed by atoms with Crippen LogP contribution in [0.1, 0.15) is 24.8 Å². The van der Waals surface area contributed by atoms with Gasteiger partial charge in [-0.05, 0) is 0 Å². The van der Waals surface area contributed by atoms with Crippen LogP contribution in [0.15, 0.2) is 0 Å². The summed E-state index contributed by atoms with van der Waals surface area (Å²) in [5.74, 6) is 0. The van der Waals surface area contributed by atoms with Gasteiger partial charge in [-0.1, -0.05) is 20.7 Å². The first kappa shape index (κ1) is 1.61. The lowest BCUT2D eigenvalue weighted by Crippen LogP contribution is -2.31. The zero-order chi connectivity index (χ0) is 7.00. The van der Waals surface area contributed by atoms with Gasteiger partial charge in [0, 0.05) is 4.11 Å². The largest absolute Gasteiger partial charge is 0.850 e. The molecule has 0 saturated carbocycles. The first-order valence-electron chi connectivity index (χ1n) is 2.95. The van der Waals surface area contributed by atoms with Gasteiger partial charge in [-0.25, -0.2) is 0 Å². The standard InChI is InChI=1S/C4H9O/c1-4(2,3)5/h1-3H3/q-1/i1D3. The lowest BCUT2D eigenvalue weighted by molar-refractivity contribution is -0.458. The number of hydrogen-bond donors (Lipinski definition) is 0. The summed E-state index contributed by atoms with van der Waals surface area (Å²) in [4.78, 5) is 0. The highest BCUT2D eigenvalue weighted by atomic mass is 16.3. The molecule has 0 radical (unpaired) electrons. The van der Waals surface area contributed by atoms with Crippen LogP contribution in [0.5, 0.6) is 0 Å². The Kier molecular flexibility index (Phi) is 0.314. The molecule has 1 heteroatoms. The Balaban J connectivity index is 4.02. The van der Waals surface area contributed by atoms with Crippen molar-refractivity contribution in [1.29, 1.82) is 0 Å². The van der Waals surface area contributed by atoms with Gasteiger partial charge in [0.2, 0.25) is 0 Å². The van der Waals surface area contributed by atoms with Crippen molar-refractivity contribution in [2.24, 2.45) is 0 Å². The van der Waals surface area contributed by atoms with E-state index in [-0.39, 0.29) is 0 Å². The van der Waals surface area contributed by atoms with Gasteiger partial charge in [-0.15, -0.1) is 5.60 Å². The van der Waals surface area contributed by atoms with Gasteiger partial charge in [-0.2, -0.15) is 0 Å². The maximum absolute atomic E-state index is 10.6. The average molecular weight is 76.1 g/mol. The molecule has 0 unspecified atom stereocenters. The van der Waals surface area contributed by atoms with E-state index in [4.69, 9.17) is 4.11 Å². The fourth-order valence-corrected chi connectivity index (χ4v) is 0. The first-order valence-corrected chi connectivity index (χ1v) is 1.45. The van der Waals surface area contributed by atoms with Gasteiger partial charge >= 0.3 is 0 Å². The Morgan fingerprint density at radius 1 is 1.80 bits per heavy atom. The second-order valence-corrected chi connectivity index (χ2v) is 1.51. The van der Waals surface area contributed by atoms with E-state index >= 15 is 0 Å². The molecule has 0 fully saturated rings. The second-order valence-electron chi connectivity index (χ2n) is 1.51. The average Bonchev–Trinajstić information content (AvgIpc) is 1.25. The molecule has 32 valence electrons. The summed E-state index contributed by atoms with van der Waals surface area (Å²) in [6.45, 7) is -0.0625. The molecule has 1 nitrogen and oxygen atoms in total. The summed E-state index contributed by atoms with van der Waals surface area (Å²) in [7, 11) is 0. The normalized spacial score (nSPS) is 23.4. The van der Waals surface area contributed by atoms with Crippen molar-refractivity contribution in [2.75, 3.05) is 0 Å². The van der Waals surface area contributed by atoms with E-state index < -0.39 is 12.5 Å². The lowest BCUT2D eigenvalue weighted by Gasteiger charge is -2.23. The number of hydrogen-bond acceptors (Lipinski definition) is 1. The molecular formula is C4H9O-. The quantitative estimate of drug-likeness (QED) is 0.402. The molecule has 5 heavy (non-hydrogen) atoms. The van der Waals surface area contributed by atoms with Crippen LogP contribution >= 0.6 is 0 Å². The molecule has 0 aromatic rings. The highest BCUT2D eigenvalue weighted by molar-refractivity contribution is 4.48. The Bertz CT molecular complexity index is 66.3. The molecule has 0 aromatic carbocycles. The van der Waals surface area contributed by atoms with Crippen LogP contribution in [0.3, 0.4) is 0 Å². The summed E-state index contributed by atoms with van der Waals surface area (Å²) in [6, 6.07) is 0. The van der Waals surface area contributed by atoms with Crippen LogP contribution in [-0.2, 0) is 0 Å². The van der Waals surface area contributed by atoms with E-state index in [1.807, 2.05) is 0 Å². The minimum absolute atomic E-state index is 1.15. The van der Waals surface area contributed by atoms with Crippen LogP contribution in [0.2, 0.25) is 0 Å². The van der Waals surface area contributed by atoms with E-state index in [2.05, 4.69) is 0 Å². The predicted molar refractivity (Wildman–Crippen MR) is 19.8 cm³/mol. The van der Waals surface area contributed by atoms with Gasteiger partial charge in [0.05, 0.1) is 0 Å². The summed E-state index contributed by atoms with van der Waals surface area (Å²) in [5, 5.41) is 10.6. The van der Waals surface area contributed by atoms with Crippen molar-refractivity contribution < 1.29 is 9.22 Å². The fraction of sp³-hybridized carbons (Fsp3) is 1.00. The Hall–Kier alpha value is -0.0400. The second kappa shape index (κ2) is 0.977. The maximum atomic E-state index is 10.6. The van der Waals surface area contributed by atoms with Crippen LogP contribution in [0.25, 0.3) is 0 Å². The molecule has 0 aromatic heterocycles. The van der Waals surface area contributed by atoms with Crippen molar-refractivity contribution in [1.82, 2.24) is 0 Å². The SMILES string of the molecule is [2H]C([2H])([2H])C(C)(C)[O-]. The maximum Gasteiger partial charge on any atom is 0.0222 e. The first-order chi connectivity index (χ1) is 3.25. The van der Waals surface area contributed by atoms with Crippen LogP contribution in [0.4, 0.5) is 0 Å². The molecule has 0 amide bonds. The van der Waals surface area contributed by atoms with E-state index in [1.54, 1.807) is 0 Å². The zero-order valence-corrected chi connectivity index (χ0v) is 3.41. The zero-order valence-electron chi connectivity index (χ0n) is 6.41. The van der Waals surface area contributed by atoms with E-state index in [0.29, 0.717) is 0 Å². The molecule has 0 saturated heterocycles. The van der Waals surface area contributed by atoms with Crippen molar-refractivity contribution in [3.8, 4) is 0 Å². The Labute approximate surface area is 36.8 Å². The molecule has 0 N–H and O–H groups in total. The summed E-state index contributed by atoms with van der Waals surface area (Å²) in [6.07, 6.45) is 0. The molecule has 0 heterocycles. The highest BCUT2D eigenvalue weighted by Crippen LogP contribution is 1.87. The molecule has 0 rings (SSSR count).